The monoisotopic (exact) mass is 370 g/mol. The molecule has 27 heavy (non-hydrogen) atoms. The van der Waals surface area contributed by atoms with Crippen LogP contribution in [0.3, 0.4) is 0 Å². The molecule has 1 heterocycles. The number of carbonyl (C=O) groups excluding carboxylic acids is 1. The Labute approximate surface area is 157 Å². The molecule has 0 radical (unpaired) electrons. The molecule has 0 saturated carbocycles. The Kier molecular flexibility index (Phi) is 6.25. The highest BCUT2D eigenvalue weighted by Crippen LogP contribution is 2.27. The standard InChI is InChI=1S/C20H23FN4O2/c1-2-22-20(23-12-17-11-14-5-3-4-6-18(14)27-17)24-13-19(26)25-16-9-7-15(21)8-10-16/h3-10,17H,2,11-13H2,1H3,(H,25,26)(H2,22,23,24). The Morgan fingerprint density at radius 1 is 1.19 bits per heavy atom. The summed E-state index contributed by atoms with van der Waals surface area (Å²) in [6.45, 7) is 3.17. The summed E-state index contributed by atoms with van der Waals surface area (Å²) in [7, 11) is 0. The number of halogens is 1. The number of amides is 1. The maximum absolute atomic E-state index is 12.9. The fraction of sp³-hybridized carbons (Fsp3) is 0.300. The molecule has 1 amide bonds. The van der Waals surface area contributed by atoms with E-state index in [-0.39, 0.29) is 24.4 Å². The zero-order valence-electron chi connectivity index (χ0n) is 15.2. The summed E-state index contributed by atoms with van der Waals surface area (Å²) < 4.78 is 18.8. The van der Waals surface area contributed by atoms with Crippen molar-refractivity contribution in [2.24, 2.45) is 4.99 Å². The fourth-order valence-corrected chi connectivity index (χ4v) is 2.80. The van der Waals surface area contributed by atoms with Crippen LogP contribution in [0.2, 0.25) is 0 Å². The number of carbonyl (C=O) groups is 1. The van der Waals surface area contributed by atoms with Crippen LogP contribution >= 0.6 is 0 Å². The summed E-state index contributed by atoms with van der Waals surface area (Å²) in [5.41, 5.74) is 1.73. The molecule has 0 spiro atoms. The number of aliphatic imine (C=N–C) groups is 1. The van der Waals surface area contributed by atoms with Crippen molar-refractivity contribution in [3.8, 4) is 5.75 Å². The first-order valence-corrected chi connectivity index (χ1v) is 8.96. The molecule has 0 aromatic heterocycles. The minimum Gasteiger partial charge on any atom is -0.488 e. The predicted octanol–water partition coefficient (Wildman–Crippen LogP) is 2.32. The highest BCUT2D eigenvalue weighted by atomic mass is 19.1. The van der Waals surface area contributed by atoms with Gasteiger partial charge in [-0.15, -0.1) is 0 Å². The molecule has 2 aromatic carbocycles. The Morgan fingerprint density at radius 3 is 2.70 bits per heavy atom. The molecule has 0 aliphatic carbocycles. The first-order chi connectivity index (χ1) is 13.1. The van der Waals surface area contributed by atoms with Gasteiger partial charge in [-0.05, 0) is 42.8 Å². The molecule has 0 fully saturated rings. The molecule has 2 aromatic rings. The number of fused-ring (bicyclic) bond motifs is 1. The van der Waals surface area contributed by atoms with Gasteiger partial charge in [0, 0.05) is 18.7 Å². The smallest absolute Gasteiger partial charge is 0.246 e. The highest BCUT2D eigenvalue weighted by Gasteiger charge is 2.22. The number of nitrogens with zero attached hydrogens (tertiary/aromatic N) is 1. The second-order valence-electron chi connectivity index (χ2n) is 6.18. The summed E-state index contributed by atoms with van der Waals surface area (Å²) in [4.78, 5) is 16.3. The molecular weight excluding hydrogens is 347 g/mol. The van der Waals surface area contributed by atoms with Crippen molar-refractivity contribution >= 4 is 17.6 Å². The van der Waals surface area contributed by atoms with Crippen molar-refractivity contribution in [1.82, 2.24) is 10.6 Å². The van der Waals surface area contributed by atoms with Crippen molar-refractivity contribution in [2.45, 2.75) is 19.4 Å². The van der Waals surface area contributed by atoms with Gasteiger partial charge in [-0.3, -0.25) is 4.79 Å². The number of ether oxygens (including phenoxy) is 1. The summed E-state index contributed by atoms with van der Waals surface area (Å²) in [5.74, 6) is 0.848. The van der Waals surface area contributed by atoms with Crippen LogP contribution in [0.15, 0.2) is 53.5 Å². The van der Waals surface area contributed by atoms with E-state index >= 15 is 0 Å². The van der Waals surface area contributed by atoms with E-state index in [0.717, 1.165) is 12.2 Å². The molecule has 1 aliphatic rings. The number of anilines is 1. The van der Waals surface area contributed by atoms with Crippen LogP contribution in [0.25, 0.3) is 0 Å². The van der Waals surface area contributed by atoms with E-state index in [2.05, 4.69) is 27.0 Å². The average Bonchev–Trinajstić information content (AvgIpc) is 3.09. The average molecular weight is 370 g/mol. The van der Waals surface area contributed by atoms with Crippen molar-refractivity contribution < 1.29 is 13.9 Å². The Morgan fingerprint density at radius 2 is 1.96 bits per heavy atom. The molecule has 7 heteroatoms. The van der Waals surface area contributed by atoms with Crippen LogP contribution in [0.1, 0.15) is 12.5 Å². The Bertz CT molecular complexity index is 783. The number of hydrogen-bond acceptors (Lipinski definition) is 3. The van der Waals surface area contributed by atoms with Crippen LogP contribution in [0, 0.1) is 5.82 Å². The summed E-state index contributed by atoms with van der Waals surface area (Å²) in [5, 5.41) is 9.00. The number of guanidine groups is 1. The van der Waals surface area contributed by atoms with Crippen LogP contribution in [-0.4, -0.2) is 37.6 Å². The van der Waals surface area contributed by atoms with Gasteiger partial charge in [0.15, 0.2) is 5.96 Å². The maximum atomic E-state index is 12.9. The third kappa shape index (κ3) is 5.44. The van der Waals surface area contributed by atoms with E-state index in [9.17, 15) is 9.18 Å². The normalized spacial score (nSPS) is 15.6. The first-order valence-electron chi connectivity index (χ1n) is 8.96. The van der Waals surface area contributed by atoms with Gasteiger partial charge < -0.3 is 20.7 Å². The summed E-state index contributed by atoms with van der Waals surface area (Å²) in [6.07, 6.45) is 0.868. The lowest BCUT2D eigenvalue weighted by atomic mass is 10.1. The van der Waals surface area contributed by atoms with Gasteiger partial charge in [-0.25, -0.2) is 9.38 Å². The van der Waals surface area contributed by atoms with E-state index in [1.807, 2.05) is 25.1 Å². The molecule has 1 unspecified atom stereocenters. The molecule has 0 saturated heterocycles. The zero-order chi connectivity index (χ0) is 19.1. The predicted molar refractivity (Wildman–Crippen MR) is 104 cm³/mol. The van der Waals surface area contributed by atoms with Crippen molar-refractivity contribution in [3.63, 3.8) is 0 Å². The minimum atomic E-state index is -0.346. The van der Waals surface area contributed by atoms with E-state index in [0.29, 0.717) is 24.7 Å². The van der Waals surface area contributed by atoms with Gasteiger partial charge >= 0.3 is 0 Å². The topological polar surface area (TPSA) is 74.8 Å². The van der Waals surface area contributed by atoms with Crippen LogP contribution in [0.4, 0.5) is 10.1 Å². The Hall–Kier alpha value is -3.09. The lowest BCUT2D eigenvalue weighted by molar-refractivity contribution is -0.114. The SMILES string of the molecule is CCNC(=NCC(=O)Nc1ccc(F)cc1)NCC1Cc2ccccc2O1. The van der Waals surface area contributed by atoms with Gasteiger partial charge in [-0.1, -0.05) is 18.2 Å². The largest absolute Gasteiger partial charge is 0.488 e. The minimum absolute atomic E-state index is 0.0271. The van der Waals surface area contributed by atoms with Gasteiger partial charge in [-0.2, -0.15) is 0 Å². The van der Waals surface area contributed by atoms with Gasteiger partial charge in [0.2, 0.25) is 5.91 Å². The van der Waals surface area contributed by atoms with Gasteiger partial charge in [0.05, 0.1) is 6.54 Å². The van der Waals surface area contributed by atoms with Crippen LogP contribution in [0.5, 0.6) is 5.75 Å². The van der Waals surface area contributed by atoms with Gasteiger partial charge in [0.1, 0.15) is 24.2 Å². The zero-order valence-corrected chi connectivity index (χ0v) is 15.2. The van der Waals surface area contributed by atoms with Crippen LogP contribution in [-0.2, 0) is 11.2 Å². The van der Waals surface area contributed by atoms with E-state index in [4.69, 9.17) is 4.74 Å². The summed E-state index contributed by atoms with van der Waals surface area (Å²) in [6, 6.07) is 13.6. The quantitative estimate of drug-likeness (QED) is 0.539. The molecule has 3 N–H and O–H groups in total. The lowest BCUT2D eigenvalue weighted by Crippen LogP contribution is -2.42. The second kappa shape index (κ2) is 9.02. The molecule has 0 bridgehead atoms. The maximum Gasteiger partial charge on any atom is 0.246 e. The molecule has 6 nitrogen and oxygen atoms in total. The highest BCUT2D eigenvalue weighted by molar-refractivity contribution is 5.94. The number of para-hydroxylation sites is 1. The number of hydrogen-bond donors (Lipinski definition) is 3. The molecule has 142 valence electrons. The number of rotatable bonds is 6. The lowest BCUT2D eigenvalue weighted by Gasteiger charge is -2.15. The third-order valence-electron chi connectivity index (χ3n) is 4.06. The Balaban J connectivity index is 1.49. The first kappa shape index (κ1) is 18.7. The van der Waals surface area contributed by atoms with Gasteiger partial charge in [0.25, 0.3) is 0 Å². The van der Waals surface area contributed by atoms with E-state index in [1.54, 1.807) is 0 Å². The molecule has 1 aliphatic heterocycles. The van der Waals surface area contributed by atoms with Crippen molar-refractivity contribution in [3.05, 3.63) is 59.9 Å². The molecular formula is C20H23FN4O2. The molecule has 3 rings (SSSR count). The number of benzene rings is 2. The van der Waals surface area contributed by atoms with Crippen molar-refractivity contribution in [2.75, 3.05) is 25.0 Å². The molecule has 1 atom stereocenters. The number of nitrogens with one attached hydrogen (secondary N) is 3. The van der Waals surface area contributed by atoms with Crippen LogP contribution < -0.4 is 20.7 Å². The van der Waals surface area contributed by atoms with E-state index < -0.39 is 0 Å². The third-order valence-corrected chi connectivity index (χ3v) is 4.06. The summed E-state index contributed by atoms with van der Waals surface area (Å²) >= 11 is 0. The second-order valence-corrected chi connectivity index (χ2v) is 6.18. The van der Waals surface area contributed by atoms with Crippen molar-refractivity contribution in [1.29, 1.82) is 0 Å². The fourth-order valence-electron chi connectivity index (χ4n) is 2.80. The van der Waals surface area contributed by atoms with E-state index in [1.165, 1.54) is 29.8 Å².